The van der Waals surface area contributed by atoms with Gasteiger partial charge in [0.25, 0.3) is 0 Å². The molecule has 0 aliphatic carbocycles. The van der Waals surface area contributed by atoms with E-state index in [-0.39, 0.29) is 6.03 Å². The lowest BCUT2D eigenvalue weighted by Gasteiger charge is -2.07. The number of anilines is 1. The Morgan fingerprint density at radius 1 is 1.24 bits per heavy atom. The fourth-order valence-electron chi connectivity index (χ4n) is 2.30. The second kappa shape index (κ2) is 7.72. The molecule has 7 heteroatoms. The van der Waals surface area contributed by atoms with Crippen molar-refractivity contribution in [3.63, 3.8) is 0 Å². The fourth-order valence-corrected chi connectivity index (χ4v) is 2.52. The van der Waals surface area contributed by atoms with Gasteiger partial charge >= 0.3 is 6.03 Å². The molecule has 0 fully saturated rings. The van der Waals surface area contributed by atoms with Gasteiger partial charge in [0.2, 0.25) is 0 Å². The molecule has 1 heterocycles. The number of hydrogen-bond donors (Lipinski definition) is 2. The smallest absolute Gasteiger partial charge is 0.319 e. The van der Waals surface area contributed by atoms with E-state index in [0.717, 1.165) is 17.0 Å². The van der Waals surface area contributed by atoms with Gasteiger partial charge in [-0.2, -0.15) is 5.10 Å². The lowest BCUT2D eigenvalue weighted by atomic mass is 10.2. The molecule has 0 aliphatic heterocycles. The third-order valence-corrected chi connectivity index (χ3v) is 3.85. The molecular weight excluding hydrogens is 340 g/mol. The van der Waals surface area contributed by atoms with Crippen LogP contribution in [0.1, 0.15) is 5.56 Å². The van der Waals surface area contributed by atoms with Gasteiger partial charge < -0.3 is 15.4 Å². The minimum Gasteiger partial charge on any atom is -0.497 e. The van der Waals surface area contributed by atoms with Crippen molar-refractivity contribution in [2.24, 2.45) is 0 Å². The summed E-state index contributed by atoms with van der Waals surface area (Å²) in [7, 11) is 1.61. The Kier molecular flexibility index (Phi) is 5.20. The lowest BCUT2D eigenvalue weighted by Crippen LogP contribution is -2.28. The summed E-state index contributed by atoms with van der Waals surface area (Å²) in [6.45, 7) is 0.391. The Labute approximate surface area is 150 Å². The molecule has 2 N–H and O–H groups in total. The van der Waals surface area contributed by atoms with Gasteiger partial charge in [-0.25, -0.2) is 9.48 Å². The molecule has 0 unspecified atom stereocenters. The molecule has 0 saturated heterocycles. The highest BCUT2D eigenvalue weighted by Gasteiger charge is 2.07. The number of methoxy groups -OCH3 is 1. The van der Waals surface area contributed by atoms with E-state index in [0.29, 0.717) is 17.3 Å². The van der Waals surface area contributed by atoms with Crippen molar-refractivity contribution >= 4 is 23.3 Å². The maximum atomic E-state index is 12.0. The molecule has 128 valence electrons. The number of benzene rings is 2. The maximum Gasteiger partial charge on any atom is 0.319 e. The number of urea groups is 1. The Bertz CT molecular complexity index is 879. The molecule has 2 amide bonds. The van der Waals surface area contributed by atoms with Crippen LogP contribution >= 0.6 is 11.6 Å². The van der Waals surface area contributed by atoms with Crippen LogP contribution in [0.3, 0.4) is 0 Å². The van der Waals surface area contributed by atoms with E-state index < -0.39 is 0 Å². The van der Waals surface area contributed by atoms with Crippen molar-refractivity contribution in [3.8, 4) is 11.4 Å². The zero-order chi connectivity index (χ0) is 17.6. The molecule has 0 atom stereocenters. The molecule has 3 aromatic rings. The average Bonchev–Trinajstić information content (AvgIpc) is 3.08. The Morgan fingerprint density at radius 3 is 2.88 bits per heavy atom. The van der Waals surface area contributed by atoms with Crippen LogP contribution in [-0.4, -0.2) is 22.9 Å². The monoisotopic (exact) mass is 356 g/mol. The van der Waals surface area contributed by atoms with Crippen LogP contribution in [0.2, 0.25) is 5.02 Å². The van der Waals surface area contributed by atoms with Crippen molar-refractivity contribution in [1.82, 2.24) is 15.1 Å². The standard InChI is InChI=1S/C18H17ClN4O2/c1-25-15-6-4-5-13(9-15)10-20-18(24)22-14-11-21-23(12-14)17-8-3-2-7-16(17)19/h2-9,11-12H,10H2,1H3,(H2,20,22,24). The number of carbonyl (C=O) groups is 1. The average molecular weight is 357 g/mol. The fraction of sp³-hybridized carbons (Fsp3) is 0.111. The Balaban J connectivity index is 1.59. The van der Waals surface area contributed by atoms with Crippen molar-refractivity contribution < 1.29 is 9.53 Å². The van der Waals surface area contributed by atoms with E-state index >= 15 is 0 Å². The van der Waals surface area contributed by atoms with E-state index in [9.17, 15) is 4.79 Å². The first kappa shape index (κ1) is 16.9. The largest absolute Gasteiger partial charge is 0.497 e. The highest BCUT2D eigenvalue weighted by Crippen LogP contribution is 2.20. The molecule has 6 nitrogen and oxygen atoms in total. The van der Waals surface area contributed by atoms with Crippen molar-refractivity contribution in [2.45, 2.75) is 6.54 Å². The molecule has 25 heavy (non-hydrogen) atoms. The number of aromatic nitrogens is 2. The Hall–Kier alpha value is -2.99. The minimum atomic E-state index is -0.318. The predicted octanol–water partition coefficient (Wildman–Crippen LogP) is 3.86. The van der Waals surface area contributed by atoms with E-state index in [4.69, 9.17) is 16.3 Å². The topological polar surface area (TPSA) is 68.2 Å². The molecule has 0 aliphatic rings. The summed E-state index contributed by atoms with van der Waals surface area (Å²) >= 11 is 6.15. The number of nitrogens with zero attached hydrogens (tertiary/aromatic N) is 2. The van der Waals surface area contributed by atoms with Crippen molar-refractivity contribution in [3.05, 3.63) is 71.5 Å². The van der Waals surface area contributed by atoms with Crippen LogP contribution in [0.5, 0.6) is 5.75 Å². The molecule has 0 bridgehead atoms. The number of carbonyl (C=O) groups excluding carboxylic acids is 1. The zero-order valence-corrected chi connectivity index (χ0v) is 14.3. The van der Waals surface area contributed by atoms with Gasteiger partial charge in [0.15, 0.2) is 0 Å². The van der Waals surface area contributed by atoms with Gasteiger partial charge in [-0.3, -0.25) is 0 Å². The summed E-state index contributed by atoms with van der Waals surface area (Å²) in [4.78, 5) is 12.0. The predicted molar refractivity (Wildman–Crippen MR) is 97.4 cm³/mol. The number of hydrogen-bond acceptors (Lipinski definition) is 3. The van der Waals surface area contributed by atoms with E-state index in [1.54, 1.807) is 30.3 Å². The van der Waals surface area contributed by atoms with Gasteiger partial charge in [-0.1, -0.05) is 35.9 Å². The number of ether oxygens (including phenoxy) is 1. The molecule has 0 radical (unpaired) electrons. The molecule has 0 saturated carbocycles. The quantitative estimate of drug-likeness (QED) is 0.729. The molecule has 1 aromatic heterocycles. The minimum absolute atomic E-state index is 0.318. The molecule has 2 aromatic carbocycles. The summed E-state index contributed by atoms with van der Waals surface area (Å²) in [5.74, 6) is 0.751. The molecule has 0 spiro atoms. The van der Waals surface area contributed by atoms with Crippen molar-refractivity contribution in [1.29, 1.82) is 0 Å². The first-order valence-corrected chi connectivity index (χ1v) is 8.01. The summed E-state index contributed by atoms with van der Waals surface area (Å²) < 4.78 is 6.77. The lowest BCUT2D eigenvalue weighted by molar-refractivity contribution is 0.251. The molecule has 3 rings (SSSR count). The summed E-state index contributed by atoms with van der Waals surface area (Å²) in [5.41, 5.74) is 2.26. The second-order valence-corrected chi connectivity index (χ2v) is 5.69. The van der Waals surface area contributed by atoms with E-state index in [2.05, 4.69) is 15.7 Å². The Morgan fingerprint density at radius 2 is 2.08 bits per heavy atom. The van der Waals surface area contributed by atoms with Crippen LogP contribution in [0, 0.1) is 0 Å². The number of rotatable bonds is 5. The van der Waals surface area contributed by atoms with E-state index in [1.165, 1.54) is 0 Å². The van der Waals surface area contributed by atoms with Crippen LogP contribution in [0.4, 0.5) is 10.5 Å². The summed E-state index contributed by atoms with van der Waals surface area (Å²) in [6.07, 6.45) is 3.26. The number of para-hydroxylation sites is 1. The van der Waals surface area contributed by atoms with Crippen molar-refractivity contribution in [2.75, 3.05) is 12.4 Å². The van der Waals surface area contributed by atoms with E-state index in [1.807, 2.05) is 42.5 Å². The van der Waals surface area contributed by atoms with Gasteiger partial charge in [0.1, 0.15) is 5.75 Å². The zero-order valence-electron chi connectivity index (χ0n) is 13.6. The SMILES string of the molecule is COc1cccc(CNC(=O)Nc2cnn(-c3ccccc3Cl)c2)c1. The highest BCUT2D eigenvalue weighted by molar-refractivity contribution is 6.32. The first-order valence-electron chi connectivity index (χ1n) is 7.63. The number of amides is 2. The third-order valence-electron chi connectivity index (χ3n) is 3.53. The molecular formula is C18H17ClN4O2. The second-order valence-electron chi connectivity index (χ2n) is 5.28. The summed E-state index contributed by atoms with van der Waals surface area (Å²) in [6, 6.07) is 14.6. The van der Waals surface area contributed by atoms with Crippen LogP contribution in [-0.2, 0) is 6.54 Å². The van der Waals surface area contributed by atoms with Gasteiger partial charge in [0.05, 0.1) is 35.9 Å². The highest BCUT2D eigenvalue weighted by atomic mass is 35.5. The van der Waals surface area contributed by atoms with Crippen LogP contribution in [0.15, 0.2) is 60.9 Å². The van der Waals surface area contributed by atoms with Gasteiger partial charge in [-0.05, 0) is 29.8 Å². The number of nitrogens with one attached hydrogen (secondary N) is 2. The van der Waals surface area contributed by atoms with Crippen LogP contribution in [0.25, 0.3) is 5.69 Å². The third kappa shape index (κ3) is 4.30. The maximum absolute atomic E-state index is 12.0. The van der Waals surface area contributed by atoms with Gasteiger partial charge in [0, 0.05) is 6.54 Å². The van der Waals surface area contributed by atoms with Crippen LogP contribution < -0.4 is 15.4 Å². The number of halogens is 1. The van der Waals surface area contributed by atoms with Gasteiger partial charge in [-0.15, -0.1) is 0 Å². The summed E-state index contributed by atoms with van der Waals surface area (Å²) in [5, 5.41) is 10.3. The first-order chi connectivity index (χ1) is 12.2. The normalized spacial score (nSPS) is 10.3.